The molecule has 0 atom stereocenters. The summed E-state index contributed by atoms with van der Waals surface area (Å²) in [7, 11) is 1.47. The van der Waals surface area contributed by atoms with E-state index in [-0.39, 0.29) is 5.75 Å². The predicted octanol–water partition coefficient (Wildman–Crippen LogP) is 2.70. The number of nitrogens with zero attached hydrogens (tertiary/aromatic N) is 5. The van der Waals surface area contributed by atoms with Crippen molar-refractivity contribution in [1.29, 1.82) is 0 Å². The summed E-state index contributed by atoms with van der Waals surface area (Å²) >= 11 is 3.30. The van der Waals surface area contributed by atoms with Crippen LogP contribution in [0.5, 0.6) is 11.5 Å². The lowest BCUT2D eigenvalue weighted by Gasteiger charge is -2.06. The van der Waals surface area contributed by atoms with Crippen LogP contribution in [-0.4, -0.2) is 24.7 Å². The monoisotopic (exact) mass is 297 g/mol. The standard InChI is InChI=1S/C9H8BrN5O2/c1-17-7-3-6(10)2-5(8(7)16)4-11-9-12-14-15-13-9/h2-4,9,16H,1H3. The van der Waals surface area contributed by atoms with Crippen LogP contribution < -0.4 is 4.74 Å². The van der Waals surface area contributed by atoms with Crippen molar-refractivity contribution in [2.24, 2.45) is 25.7 Å². The van der Waals surface area contributed by atoms with Gasteiger partial charge in [-0.05, 0) is 22.6 Å². The molecule has 0 saturated heterocycles. The molecular formula is C9H8BrN5O2. The Hall–Kier alpha value is -1.83. The van der Waals surface area contributed by atoms with Gasteiger partial charge in [0.25, 0.3) is 6.29 Å². The molecule has 0 radical (unpaired) electrons. The van der Waals surface area contributed by atoms with Crippen molar-refractivity contribution in [3.8, 4) is 11.5 Å². The lowest BCUT2D eigenvalue weighted by Crippen LogP contribution is -1.94. The number of phenols is 1. The van der Waals surface area contributed by atoms with Crippen molar-refractivity contribution in [3.05, 3.63) is 22.2 Å². The Morgan fingerprint density at radius 2 is 2.12 bits per heavy atom. The third-order valence-corrected chi connectivity index (χ3v) is 2.44. The minimum atomic E-state index is -0.667. The number of methoxy groups -OCH3 is 1. The lowest BCUT2D eigenvalue weighted by molar-refractivity contribution is 0.373. The minimum absolute atomic E-state index is 0.00586. The second-order valence-electron chi connectivity index (χ2n) is 3.08. The molecule has 0 aliphatic carbocycles. The zero-order valence-electron chi connectivity index (χ0n) is 8.78. The van der Waals surface area contributed by atoms with Gasteiger partial charge in [0.2, 0.25) is 0 Å². The van der Waals surface area contributed by atoms with Crippen LogP contribution >= 0.6 is 15.9 Å². The van der Waals surface area contributed by atoms with Crippen LogP contribution in [0.3, 0.4) is 0 Å². The van der Waals surface area contributed by atoms with E-state index >= 15 is 0 Å². The molecule has 1 aromatic rings. The normalized spacial score (nSPS) is 14.9. The van der Waals surface area contributed by atoms with E-state index in [9.17, 15) is 5.11 Å². The fourth-order valence-electron chi connectivity index (χ4n) is 1.22. The van der Waals surface area contributed by atoms with E-state index in [2.05, 4.69) is 41.6 Å². The smallest absolute Gasteiger partial charge is 0.275 e. The first-order valence-electron chi connectivity index (χ1n) is 4.60. The van der Waals surface area contributed by atoms with E-state index in [0.29, 0.717) is 11.3 Å². The molecule has 2 rings (SSSR count). The van der Waals surface area contributed by atoms with E-state index in [4.69, 9.17) is 4.74 Å². The van der Waals surface area contributed by atoms with Gasteiger partial charge >= 0.3 is 0 Å². The fourth-order valence-corrected chi connectivity index (χ4v) is 1.67. The summed E-state index contributed by atoms with van der Waals surface area (Å²) in [6, 6.07) is 3.35. The van der Waals surface area contributed by atoms with Crippen molar-refractivity contribution in [2.45, 2.75) is 6.29 Å². The summed E-state index contributed by atoms with van der Waals surface area (Å²) < 4.78 is 5.78. The highest BCUT2D eigenvalue weighted by Crippen LogP contribution is 2.32. The third-order valence-electron chi connectivity index (χ3n) is 1.99. The average molecular weight is 298 g/mol. The number of ether oxygens (including phenoxy) is 1. The molecule has 0 amide bonds. The summed E-state index contributed by atoms with van der Waals surface area (Å²) in [5.41, 5.74) is 0.494. The van der Waals surface area contributed by atoms with Gasteiger partial charge in [-0.25, -0.2) is 4.99 Å². The average Bonchev–Trinajstić information content (AvgIpc) is 2.82. The van der Waals surface area contributed by atoms with Crippen molar-refractivity contribution in [3.63, 3.8) is 0 Å². The molecule has 1 aliphatic heterocycles. The van der Waals surface area contributed by atoms with Gasteiger partial charge in [0.15, 0.2) is 11.5 Å². The molecule has 88 valence electrons. The maximum absolute atomic E-state index is 9.84. The van der Waals surface area contributed by atoms with Gasteiger partial charge in [0.1, 0.15) is 0 Å². The van der Waals surface area contributed by atoms with Crippen molar-refractivity contribution >= 4 is 22.1 Å². The molecule has 1 aromatic carbocycles. The number of benzene rings is 1. The Morgan fingerprint density at radius 1 is 1.41 bits per heavy atom. The largest absolute Gasteiger partial charge is 0.504 e. The minimum Gasteiger partial charge on any atom is -0.504 e. The summed E-state index contributed by atoms with van der Waals surface area (Å²) in [6.45, 7) is 0. The first-order chi connectivity index (χ1) is 8.20. The Bertz CT molecular complexity index is 502. The summed E-state index contributed by atoms with van der Waals surface area (Å²) in [5, 5.41) is 23.7. The lowest BCUT2D eigenvalue weighted by atomic mass is 10.2. The maximum atomic E-state index is 9.84. The van der Waals surface area contributed by atoms with Gasteiger partial charge in [-0.1, -0.05) is 15.9 Å². The van der Waals surface area contributed by atoms with Gasteiger partial charge in [-0.15, -0.1) is 10.2 Å². The molecule has 0 unspecified atom stereocenters. The van der Waals surface area contributed by atoms with Crippen molar-refractivity contribution < 1.29 is 9.84 Å². The van der Waals surface area contributed by atoms with E-state index in [1.54, 1.807) is 12.1 Å². The van der Waals surface area contributed by atoms with Crippen LogP contribution in [0.15, 0.2) is 42.3 Å². The van der Waals surface area contributed by atoms with E-state index in [1.165, 1.54) is 13.3 Å². The Morgan fingerprint density at radius 3 is 2.76 bits per heavy atom. The van der Waals surface area contributed by atoms with E-state index in [1.807, 2.05) is 0 Å². The summed E-state index contributed by atoms with van der Waals surface area (Å²) in [6.07, 6.45) is 0.774. The predicted molar refractivity (Wildman–Crippen MR) is 63.5 cm³/mol. The van der Waals surface area contributed by atoms with Crippen LogP contribution in [0.1, 0.15) is 5.56 Å². The SMILES string of the molecule is COc1cc(Br)cc(C=NC2N=NN=N2)c1O. The molecule has 7 nitrogen and oxygen atoms in total. The van der Waals surface area contributed by atoms with Crippen LogP contribution in [0.4, 0.5) is 0 Å². The van der Waals surface area contributed by atoms with E-state index in [0.717, 1.165) is 4.47 Å². The fraction of sp³-hybridized carbons (Fsp3) is 0.222. The molecule has 17 heavy (non-hydrogen) atoms. The highest BCUT2D eigenvalue weighted by Gasteiger charge is 2.10. The Balaban J connectivity index is 2.28. The van der Waals surface area contributed by atoms with Crippen molar-refractivity contribution in [2.75, 3.05) is 7.11 Å². The van der Waals surface area contributed by atoms with Crippen molar-refractivity contribution in [1.82, 2.24) is 0 Å². The Kier molecular flexibility index (Phi) is 3.43. The first kappa shape index (κ1) is 11.6. The summed E-state index contributed by atoms with van der Waals surface area (Å²) in [5.74, 6) is 0.363. The molecule has 8 heteroatoms. The number of rotatable bonds is 3. The number of halogens is 1. The number of aliphatic imine (C=N–C) groups is 1. The molecule has 0 aromatic heterocycles. The number of phenolic OH excluding ortho intramolecular Hbond substituents is 1. The van der Waals surface area contributed by atoms with Gasteiger partial charge < -0.3 is 9.84 Å². The highest BCUT2D eigenvalue weighted by molar-refractivity contribution is 9.10. The molecule has 0 bridgehead atoms. The van der Waals surface area contributed by atoms with Gasteiger partial charge in [-0.2, -0.15) is 0 Å². The molecule has 0 spiro atoms. The van der Waals surface area contributed by atoms with Crippen LogP contribution in [0.2, 0.25) is 0 Å². The van der Waals surface area contributed by atoms with Crippen LogP contribution in [-0.2, 0) is 0 Å². The molecule has 1 heterocycles. The van der Waals surface area contributed by atoms with Gasteiger partial charge in [-0.3, -0.25) is 0 Å². The quantitative estimate of drug-likeness (QED) is 0.869. The molecule has 0 fully saturated rings. The second kappa shape index (κ2) is 5.00. The van der Waals surface area contributed by atoms with Gasteiger partial charge in [0, 0.05) is 16.3 Å². The van der Waals surface area contributed by atoms with Crippen LogP contribution in [0.25, 0.3) is 0 Å². The number of hydrogen-bond acceptors (Lipinski definition) is 7. The second-order valence-corrected chi connectivity index (χ2v) is 4.00. The van der Waals surface area contributed by atoms with Crippen LogP contribution in [0, 0.1) is 0 Å². The van der Waals surface area contributed by atoms with E-state index < -0.39 is 6.29 Å². The number of hydrogen-bond donors (Lipinski definition) is 1. The molecule has 1 N–H and O–H groups in total. The zero-order valence-corrected chi connectivity index (χ0v) is 10.4. The maximum Gasteiger partial charge on any atom is 0.275 e. The zero-order chi connectivity index (χ0) is 12.3. The highest BCUT2D eigenvalue weighted by atomic mass is 79.9. The molecule has 1 aliphatic rings. The first-order valence-corrected chi connectivity index (χ1v) is 5.39. The number of aromatic hydroxyl groups is 1. The van der Waals surface area contributed by atoms with Gasteiger partial charge in [0.05, 0.1) is 7.11 Å². The molecular weight excluding hydrogens is 290 g/mol. The topological polar surface area (TPSA) is 91.3 Å². The Labute approximate surface area is 105 Å². The summed E-state index contributed by atoms with van der Waals surface area (Å²) in [4.78, 5) is 3.99. The molecule has 0 saturated carbocycles. The third kappa shape index (κ3) is 2.64.